The van der Waals surface area contributed by atoms with Crippen LogP contribution in [0, 0.1) is 11.8 Å². The number of nitrogens with zero attached hydrogens (tertiary/aromatic N) is 2. The number of hydrogen-bond acceptors (Lipinski definition) is 5. The molecule has 0 radical (unpaired) electrons. The zero-order valence-electron chi connectivity index (χ0n) is 17.4. The van der Waals surface area contributed by atoms with Crippen molar-refractivity contribution in [3.05, 3.63) is 36.7 Å². The Morgan fingerprint density at radius 1 is 1.23 bits per heavy atom. The van der Waals surface area contributed by atoms with Gasteiger partial charge in [0.1, 0.15) is 12.3 Å². The van der Waals surface area contributed by atoms with Gasteiger partial charge in [-0.05, 0) is 62.0 Å². The van der Waals surface area contributed by atoms with E-state index in [1.165, 1.54) is 17.5 Å². The fourth-order valence-electron chi connectivity index (χ4n) is 3.57. The quantitative estimate of drug-likeness (QED) is 0.592. The number of amides is 2. The Balaban J connectivity index is 0.00000320. The molecule has 1 aliphatic heterocycles. The summed E-state index contributed by atoms with van der Waals surface area (Å²) >= 11 is 0. The molecule has 0 aliphatic carbocycles. The second kappa shape index (κ2) is 11.6. The van der Waals surface area contributed by atoms with Gasteiger partial charge < -0.3 is 20.7 Å². The lowest BCUT2D eigenvalue weighted by atomic mass is 9.85. The van der Waals surface area contributed by atoms with Gasteiger partial charge in [0.25, 0.3) is 0 Å². The van der Waals surface area contributed by atoms with E-state index >= 15 is 0 Å². The molecular formula is C21H30ClN5O3. The third-order valence-corrected chi connectivity index (χ3v) is 5.24. The summed E-state index contributed by atoms with van der Waals surface area (Å²) in [5.41, 5.74) is 1.28. The molecule has 9 heteroatoms. The number of carbonyl (C=O) groups excluding carboxylic acids is 2. The Kier molecular flexibility index (Phi) is 9.14. The minimum atomic E-state index is -0.199. The van der Waals surface area contributed by atoms with Gasteiger partial charge in [-0.25, -0.2) is 0 Å². The van der Waals surface area contributed by atoms with Crippen LogP contribution < -0.4 is 20.7 Å². The van der Waals surface area contributed by atoms with Crippen LogP contribution in [0.15, 0.2) is 36.7 Å². The SMILES string of the molecule is COc1ccc(NC(=O)Cn2cc(NC(=O)CC(C)C3CCCNC3)cn2)cc1.Cl. The van der Waals surface area contributed by atoms with Gasteiger partial charge in [0.05, 0.1) is 19.0 Å². The smallest absolute Gasteiger partial charge is 0.246 e. The average molecular weight is 436 g/mol. The van der Waals surface area contributed by atoms with Crippen LogP contribution in [0.4, 0.5) is 11.4 Å². The summed E-state index contributed by atoms with van der Waals surface area (Å²) in [5.74, 6) is 1.37. The van der Waals surface area contributed by atoms with E-state index in [0.717, 1.165) is 18.8 Å². The maximum absolute atomic E-state index is 12.3. The number of nitrogens with one attached hydrogen (secondary N) is 3. The van der Waals surface area contributed by atoms with E-state index < -0.39 is 0 Å². The van der Waals surface area contributed by atoms with Crippen LogP contribution in [0.1, 0.15) is 26.2 Å². The van der Waals surface area contributed by atoms with Crippen molar-refractivity contribution in [3.8, 4) is 5.75 Å². The molecule has 2 unspecified atom stereocenters. The molecule has 2 aromatic rings. The number of halogens is 1. The van der Waals surface area contributed by atoms with Gasteiger partial charge in [-0.15, -0.1) is 12.4 Å². The number of piperidine rings is 1. The highest BCUT2D eigenvalue weighted by molar-refractivity contribution is 5.91. The van der Waals surface area contributed by atoms with Crippen LogP contribution in [0.25, 0.3) is 0 Å². The first-order valence-electron chi connectivity index (χ1n) is 10.0. The summed E-state index contributed by atoms with van der Waals surface area (Å²) in [5, 5.41) is 13.2. The van der Waals surface area contributed by atoms with Gasteiger partial charge in [0.2, 0.25) is 11.8 Å². The molecule has 2 amide bonds. The van der Waals surface area contributed by atoms with Crippen LogP contribution in [-0.2, 0) is 16.1 Å². The van der Waals surface area contributed by atoms with Gasteiger partial charge in [-0.3, -0.25) is 14.3 Å². The number of hydrogen-bond donors (Lipinski definition) is 3. The van der Waals surface area contributed by atoms with Crippen molar-refractivity contribution >= 4 is 35.6 Å². The first-order valence-corrected chi connectivity index (χ1v) is 10.0. The van der Waals surface area contributed by atoms with Crippen LogP contribution in [-0.4, -0.2) is 41.8 Å². The lowest BCUT2D eigenvalue weighted by molar-refractivity contribution is -0.117. The number of rotatable bonds is 8. The van der Waals surface area contributed by atoms with Crippen molar-refractivity contribution in [3.63, 3.8) is 0 Å². The Hall–Kier alpha value is -2.58. The van der Waals surface area contributed by atoms with E-state index in [4.69, 9.17) is 4.74 Å². The van der Waals surface area contributed by atoms with E-state index in [1.54, 1.807) is 43.8 Å². The molecule has 2 heterocycles. The summed E-state index contributed by atoms with van der Waals surface area (Å²) in [6.45, 7) is 4.24. The minimum absolute atomic E-state index is 0. The molecule has 8 nitrogen and oxygen atoms in total. The number of methoxy groups -OCH3 is 1. The maximum atomic E-state index is 12.3. The van der Waals surface area contributed by atoms with E-state index in [1.807, 2.05) is 0 Å². The predicted octanol–water partition coefficient (Wildman–Crippen LogP) is 2.92. The highest BCUT2D eigenvalue weighted by Gasteiger charge is 2.22. The number of ether oxygens (including phenoxy) is 1. The molecule has 0 spiro atoms. The van der Waals surface area contributed by atoms with Crippen LogP contribution in [0.2, 0.25) is 0 Å². The lowest BCUT2D eigenvalue weighted by Gasteiger charge is -2.27. The zero-order chi connectivity index (χ0) is 20.6. The number of benzene rings is 1. The molecule has 164 valence electrons. The standard InChI is InChI=1S/C21H29N5O3.ClH/c1-15(16-4-3-9-22-11-16)10-20(27)25-18-12-23-26(13-18)14-21(28)24-17-5-7-19(29-2)8-6-17;/h5-8,12-13,15-16,22H,3-4,9-11,14H2,1-2H3,(H,24,28)(H,25,27);1H. The molecule has 1 aromatic heterocycles. The third-order valence-electron chi connectivity index (χ3n) is 5.24. The molecule has 30 heavy (non-hydrogen) atoms. The van der Waals surface area contributed by atoms with Crippen molar-refractivity contribution in [2.24, 2.45) is 11.8 Å². The molecule has 3 N–H and O–H groups in total. The van der Waals surface area contributed by atoms with Gasteiger partial charge in [0.15, 0.2) is 0 Å². The molecule has 3 rings (SSSR count). The van der Waals surface area contributed by atoms with Crippen molar-refractivity contribution < 1.29 is 14.3 Å². The largest absolute Gasteiger partial charge is 0.497 e. The second-order valence-corrected chi connectivity index (χ2v) is 7.54. The normalized spacial score (nSPS) is 16.8. The van der Waals surface area contributed by atoms with E-state index in [-0.39, 0.29) is 30.8 Å². The Morgan fingerprint density at radius 2 is 1.97 bits per heavy atom. The molecule has 0 saturated carbocycles. The highest BCUT2D eigenvalue weighted by Crippen LogP contribution is 2.23. The number of carbonyl (C=O) groups is 2. The van der Waals surface area contributed by atoms with Crippen molar-refractivity contribution in [2.75, 3.05) is 30.8 Å². The first kappa shape index (κ1) is 23.7. The summed E-state index contributed by atoms with van der Waals surface area (Å²) in [7, 11) is 1.59. The maximum Gasteiger partial charge on any atom is 0.246 e. The van der Waals surface area contributed by atoms with Crippen molar-refractivity contribution in [1.29, 1.82) is 0 Å². The molecule has 1 saturated heterocycles. The summed E-state index contributed by atoms with van der Waals surface area (Å²) in [4.78, 5) is 24.5. The van der Waals surface area contributed by atoms with E-state index in [2.05, 4.69) is 28.0 Å². The number of anilines is 2. The van der Waals surface area contributed by atoms with Crippen LogP contribution in [0.3, 0.4) is 0 Å². The second-order valence-electron chi connectivity index (χ2n) is 7.54. The highest BCUT2D eigenvalue weighted by atomic mass is 35.5. The van der Waals surface area contributed by atoms with Gasteiger partial charge >= 0.3 is 0 Å². The van der Waals surface area contributed by atoms with Gasteiger partial charge in [-0.1, -0.05) is 6.92 Å². The van der Waals surface area contributed by atoms with Gasteiger partial charge in [0, 0.05) is 18.3 Å². The average Bonchev–Trinajstić information content (AvgIpc) is 3.15. The van der Waals surface area contributed by atoms with Crippen LogP contribution >= 0.6 is 12.4 Å². The fraction of sp³-hybridized carbons (Fsp3) is 0.476. The Labute approximate surface area is 183 Å². The zero-order valence-corrected chi connectivity index (χ0v) is 18.2. The minimum Gasteiger partial charge on any atom is -0.497 e. The number of aromatic nitrogens is 2. The van der Waals surface area contributed by atoms with Crippen molar-refractivity contribution in [1.82, 2.24) is 15.1 Å². The molecular weight excluding hydrogens is 406 g/mol. The Bertz CT molecular complexity index is 818. The predicted molar refractivity (Wildman–Crippen MR) is 119 cm³/mol. The molecule has 1 aromatic carbocycles. The molecule has 2 atom stereocenters. The summed E-state index contributed by atoms with van der Waals surface area (Å²) in [6.07, 6.45) is 6.05. The first-order chi connectivity index (χ1) is 14.0. The van der Waals surface area contributed by atoms with E-state index in [0.29, 0.717) is 29.6 Å². The molecule has 1 aliphatic rings. The monoisotopic (exact) mass is 435 g/mol. The van der Waals surface area contributed by atoms with Crippen molar-refractivity contribution in [2.45, 2.75) is 32.7 Å². The van der Waals surface area contributed by atoms with E-state index in [9.17, 15) is 9.59 Å². The Morgan fingerprint density at radius 3 is 2.63 bits per heavy atom. The van der Waals surface area contributed by atoms with Gasteiger partial charge in [-0.2, -0.15) is 5.10 Å². The fourth-order valence-corrected chi connectivity index (χ4v) is 3.57. The summed E-state index contributed by atoms with van der Waals surface area (Å²) < 4.78 is 6.60. The summed E-state index contributed by atoms with van der Waals surface area (Å²) in [6, 6.07) is 7.10. The molecule has 0 bridgehead atoms. The lowest BCUT2D eigenvalue weighted by Crippen LogP contribution is -2.34. The molecule has 1 fully saturated rings. The topological polar surface area (TPSA) is 97.3 Å². The van der Waals surface area contributed by atoms with Crippen LogP contribution in [0.5, 0.6) is 5.75 Å². The third kappa shape index (κ3) is 7.03.